The van der Waals surface area contributed by atoms with Gasteiger partial charge in [0.15, 0.2) is 0 Å². The van der Waals surface area contributed by atoms with Crippen LogP contribution >= 0.6 is 0 Å². The Bertz CT molecular complexity index is 940. The van der Waals surface area contributed by atoms with Gasteiger partial charge in [0.25, 0.3) is 0 Å². The Kier molecular flexibility index (Phi) is 6.11. The van der Waals surface area contributed by atoms with Crippen LogP contribution in [0.15, 0.2) is 42.3 Å². The molecule has 4 aliphatic rings. The fraction of sp³-hybridized carbons (Fsp3) is 0.643. The Balaban J connectivity index is 1.29. The molecule has 0 radical (unpaired) electrons. The zero-order valence-electron chi connectivity index (χ0n) is 20.0. The maximum absolute atomic E-state index is 12.0. The third-order valence-corrected chi connectivity index (χ3v) is 9.40. The largest absolute Gasteiger partial charge is 0.508 e. The number of aliphatic hydroxyl groups excluding tert-OH is 1. The maximum Gasteiger partial charge on any atom is 0.508 e. The minimum absolute atomic E-state index is 0.0177. The predicted octanol–water partition coefficient (Wildman–Crippen LogP) is 5.94. The minimum atomic E-state index is -0.597. The Labute approximate surface area is 197 Å². The third kappa shape index (κ3) is 3.92. The second kappa shape index (κ2) is 8.90. The summed E-state index contributed by atoms with van der Waals surface area (Å²) in [5, 5.41) is 8.85. The summed E-state index contributed by atoms with van der Waals surface area (Å²) >= 11 is 0. The maximum atomic E-state index is 12.0. The Morgan fingerprint density at radius 1 is 1.15 bits per heavy atom. The lowest BCUT2D eigenvalue weighted by Gasteiger charge is -2.57. The van der Waals surface area contributed by atoms with Crippen molar-refractivity contribution in [3.05, 3.63) is 47.8 Å². The van der Waals surface area contributed by atoms with Gasteiger partial charge in [0, 0.05) is 31.8 Å². The van der Waals surface area contributed by atoms with Crippen LogP contribution in [0.2, 0.25) is 0 Å². The molecule has 6 atom stereocenters. The van der Waals surface area contributed by atoms with Crippen molar-refractivity contribution in [1.82, 2.24) is 4.98 Å². The highest BCUT2D eigenvalue weighted by atomic mass is 16.7. The zero-order chi connectivity index (χ0) is 23.1. The summed E-state index contributed by atoms with van der Waals surface area (Å²) < 4.78 is 10.7. The number of carbonyl (C=O) groups excluding carboxylic acids is 1. The number of aromatic nitrogens is 1. The van der Waals surface area contributed by atoms with Gasteiger partial charge in [-0.05, 0) is 84.3 Å². The Hall–Kier alpha value is -2.14. The highest BCUT2D eigenvalue weighted by molar-refractivity contribution is 5.72. The fourth-order valence-electron chi connectivity index (χ4n) is 7.66. The molecule has 33 heavy (non-hydrogen) atoms. The quantitative estimate of drug-likeness (QED) is 0.341. The minimum Gasteiger partial charge on any atom is -0.434 e. The van der Waals surface area contributed by atoms with Crippen LogP contribution in [0, 0.1) is 28.6 Å². The number of nitrogens with zero attached hydrogens (tertiary/aromatic N) is 1. The van der Waals surface area contributed by atoms with Crippen molar-refractivity contribution >= 4 is 11.7 Å². The van der Waals surface area contributed by atoms with Crippen molar-refractivity contribution in [2.24, 2.45) is 28.6 Å². The van der Waals surface area contributed by atoms with Gasteiger partial charge in [-0.2, -0.15) is 0 Å². The topological polar surface area (TPSA) is 68.7 Å². The number of fused-ring (bicyclic) bond motifs is 5. The molecule has 5 nitrogen and oxygen atoms in total. The summed E-state index contributed by atoms with van der Waals surface area (Å²) in [5.74, 6) is 2.11. The number of hydrogen-bond donors (Lipinski definition) is 1. The summed E-state index contributed by atoms with van der Waals surface area (Å²) in [6.45, 7) is 5.19. The first kappa shape index (κ1) is 22.6. The number of allylic oxidation sites excluding steroid dienone is 3. The average molecular weight is 452 g/mol. The van der Waals surface area contributed by atoms with Gasteiger partial charge in [-0.25, -0.2) is 4.79 Å². The molecule has 5 heteroatoms. The van der Waals surface area contributed by atoms with Gasteiger partial charge in [0.2, 0.25) is 0 Å². The smallest absolute Gasteiger partial charge is 0.434 e. The van der Waals surface area contributed by atoms with Crippen molar-refractivity contribution in [3.8, 4) is 0 Å². The van der Waals surface area contributed by atoms with Crippen LogP contribution in [0.25, 0.3) is 5.57 Å². The van der Waals surface area contributed by atoms with E-state index in [0.29, 0.717) is 24.2 Å². The summed E-state index contributed by atoms with van der Waals surface area (Å²) in [6, 6.07) is 4.27. The molecular formula is C28H37NO4. The lowest BCUT2D eigenvalue weighted by molar-refractivity contribution is -0.0363. The molecule has 178 valence electrons. The molecule has 0 aliphatic heterocycles. The molecule has 0 saturated heterocycles. The number of aliphatic hydroxyl groups is 1. The molecule has 2 saturated carbocycles. The number of hydrogen-bond acceptors (Lipinski definition) is 5. The highest BCUT2D eigenvalue weighted by Gasteiger charge is 2.57. The fourth-order valence-corrected chi connectivity index (χ4v) is 7.66. The van der Waals surface area contributed by atoms with E-state index in [2.05, 4.69) is 43.1 Å². The van der Waals surface area contributed by atoms with Crippen LogP contribution < -0.4 is 0 Å². The first-order valence-corrected chi connectivity index (χ1v) is 12.7. The number of carbonyl (C=O) groups is 1. The molecule has 1 aromatic rings. The van der Waals surface area contributed by atoms with Crippen LogP contribution in [0.3, 0.4) is 0 Å². The van der Waals surface area contributed by atoms with Crippen LogP contribution in [-0.2, 0) is 9.47 Å². The molecule has 0 aromatic carbocycles. The second-order valence-corrected chi connectivity index (χ2v) is 11.0. The van der Waals surface area contributed by atoms with Crippen LogP contribution in [0.4, 0.5) is 4.79 Å². The molecule has 4 aliphatic carbocycles. The third-order valence-electron chi connectivity index (χ3n) is 9.40. The van der Waals surface area contributed by atoms with E-state index in [4.69, 9.17) is 14.6 Å². The van der Waals surface area contributed by atoms with Crippen molar-refractivity contribution < 1.29 is 19.4 Å². The molecule has 2 fully saturated rings. The average Bonchev–Trinajstić information content (AvgIpc) is 3.17. The van der Waals surface area contributed by atoms with Crippen LogP contribution in [-0.4, -0.2) is 35.6 Å². The van der Waals surface area contributed by atoms with Crippen molar-refractivity contribution in [2.75, 3.05) is 13.2 Å². The van der Waals surface area contributed by atoms with E-state index in [1.807, 2.05) is 12.4 Å². The number of rotatable bonds is 5. The van der Waals surface area contributed by atoms with E-state index in [-0.39, 0.29) is 30.1 Å². The monoisotopic (exact) mass is 451 g/mol. The zero-order valence-corrected chi connectivity index (χ0v) is 20.0. The Morgan fingerprint density at radius 2 is 2.00 bits per heavy atom. The van der Waals surface area contributed by atoms with E-state index < -0.39 is 6.16 Å². The van der Waals surface area contributed by atoms with Gasteiger partial charge in [-0.3, -0.25) is 4.98 Å². The summed E-state index contributed by atoms with van der Waals surface area (Å²) in [6.07, 6.45) is 16.2. The second-order valence-electron chi connectivity index (χ2n) is 11.0. The van der Waals surface area contributed by atoms with Gasteiger partial charge in [-0.1, -0.05) is 37.6 Å². The predicted molar refractivity (Wildman–Crippen MR) is 127 cm³/mol. The van der Waals surface area contributed by atoms with Crippen molar-refractivity contribution in [3.63, 3.8) is 0 Å². The van der Waals surface area contributed by atoms with Crippen LogP contribution in [0.1, 0.15) is 70.8 Å². The normalized spacial score (nSPS) is 37.2. The molecule has 0 spiro atoms. The van der Waals surface area contributed by atoms with E-state index in [0.717, 1.165) is 25.7 Å². The molecule has 5 rings (SSSR count). The number of pyridine rings is 1. The van der Waals surface area contributed by atoms with Gasteiger partial charge < -0.3 is 14.6 Å². The van der Waals surface area contributed by atoms with Crippen LogP contribution in [0.5, 0.6) is 0 Å². The van der Waals surface area contributed by atoms with Gasteiger partial charge >= 0.3 is 6.16 Å². The van der Waals surface area contributed by atoms with Gasteiger partial charge in [0.05, 0.1) is 6.61 Å². The highest BCUT2D eigenvalue weighted by Crippen LogP contribution is 2.66. The summed E-state index contributed by atoms with van der Waals surface area (Å²) in [7, 11) is 0. The lowest BCUT2D eigenvalue weighted by atomic mass is 9.47. The first-order valence-electron chi connectivity index (χ1n) is 12.7. The van der Waals surface area contributed by atoms with Gasteiger partial charge in [0.1, 0.15) is 6.10 Å². The first-order chi connectivity index (χ1) is 16.0. The molecule has 1 aromatic heterocycles. The number of ether oxygens (including phenoxy) is 2. The molecule has 0 unspecified atom stereocenters. The summed E-state index contributed by atoms with van der Waals surface area (Å²) in [4.78, 5) is 16.4. The van der Waals surface area contributed by atoms with E-state index >= 15 is 0 Å². The van der Waals surface area contributed by atoms with Crippen molar-refractivity contribution in [2.45, 2.75) is 71.3 Å². The summed E-state index contributed by atoms with van der Waals surface area (Å²) in [5.41, 5.74) is 4.75. The molecule has 0 amide bonds. The standard InChI is InChI=1S/C28H37NO4/c1-27-12-10-21(33-26(31)32-16-4-15-30)17-20(27)6-7-22-24-9-8-23(19-5-3-14-29-18-19)28(24,2)13-11-25(22)27/h3,5-6,8,14,18,21-22,24-25,30H,4,7,9-13,15-17H2,1-2H3/t21-,22-,24-,25-,27-,28+/m0/s1. The van der Waals surface area contributed by atoms with E-state index in [1.165, 1.54) is 36.0 Å². The van der Waals surface area contributed by atoms with E-state index in [9.17, 15) is 4.79 Å². The Morgan fingerprint density at radius 3 is 2.79 bits per heavy atom. The molecular weight excluding hydrogens is 414 g/mol. The van der Waals surface area contributed by atoms with E-state index in [1.54, 1.807) is 0 Å². The molecule has 0 bridgehead atoms. The lowest BCUT2D eigenvalue weighted by Crippen LogP contribution is -2.50. The molecule has 1 heterocycles. The molecule has 1 N–H and O–H groups in total. The SMILES string of the molecule is C[C@]12CC[C@H](OC(=O)OCCCO)CC1=CC[C@@H]1[C@@H]2CC[C@]2(C)C(c3cccnc3)=CC[C@@H]12. The van der Waals surface area contributed by atoms with Gasteiger partial charge in [-0.15, -0.1) is 0 Å². The van der Waals surface area contributed by atoms with Crippen molar-refractivity contribution in [1.29, 1.82) is 0 Å².